The van der Waals surface area contributed by atoms with Crippen LogP contribution in [0.2, 0.25) is 0 Å². The van der Waals surface area contributed by atoms with E-state index in [0.29, 0.717) is 25.3 Å². The van der Waals surface area contributed by atoms with Gasteiger partial charge in [-0.05, 0) is 0 Å². The second-order valence-corrected chi connectivity index (χ2v) is 4.79. The van der Waals surface area contributed by atoms with E-state index in [-0.39, 0.29) is 5.03 Å². The zero-order valence-electron chi connectivity index (χ0n) is 9.30. The number of sulfonamides is 1. The molecule has 8 heteroatoms. The molecule has 0 bridgehead atoms. The van der Waals surface area contributed by atoms with E-state index in [2.05, 4.69) is 10.4 Å². The molecule has 0 aliphatic heterocycles. The van der Waals surface area contributed by atoms with E-state index in [0.717, 1.165) is 0 Å². The highest BCUT2D eigenvalue weighted by Gasteiger charge is 2.18. The van der Waals surface area contributed by atoms with Crippen molar-refractivity contribution in [3.8, 4) is 0 Å². The lowest BCUT2D eigenvalue weighted by atomic mass is 10.3. The lowest BCUT2D eigenvalue weighted by Gasteiger charge is -2.05. The number of hydrogen-bond donors (Lipinski definition) is 2. The van der Waals surface area contributed by atoms with Gasteiger partial charge in [-0.25, -0.2) is 13.6 Å². The summed E-state index contributed by atoms with van der Waals surface area (Å²) in [6.45, 7) is 1.59. The van der Waals surface area contributed by atoms with Crippen LogP contribution < -0.4 is 10.5 Å². The molecule has 3 N–H and O–H groups in total. The molecule has 0 amide bonds. The minimum atomic E-state index is -3.73. The molecule has 7 nitrogen and oxygen atoms in total. The van der Waals surface area contributed by atoms with Crippen LogP contribution in [0.15, 0.2) is 11.2 Å². The SMILES string of the molecule is COCCNCc1cnn(C)c1S(N)(=O)=O. The van der Waals surface area contributed by atoms with Gasteiger partial charge in [0, 0.05) is 32.8 Å². The number of ether oxygens (including phenoxy) is 1. The number of hydrogen-bond acceptors (Lipinski definition) is 5. The topological polar surface area (TPSA) is 99.2 Å². The maximum absolute atomic E-state index is 11.3. The summed E-state index contributed by atoms with van der Waals surface area (Å²) in [6.07, 6.45) is 1.49. The van der Waals surface area contributed by atoms with Crippen LogP contribution in [-0.4, -0.2) is 38.5 Å². The zero-order valence-corrected chi connectivity index (χ0v) is 10.1. The standard InChI is InChI=1S/C8H16N4O3S/c1-12-8(16(9,13)14)7(6-11-12)5-10-3-4-15-2/h6,10H,3-5H2,1-2H3,(H2,9,13,14). The third-order valence-electron chi connectivity index (χ3n) is 2.02. The fourth-order valence-corrected chi connectivity index (χ4v) is 2.26. The van der Waals surface area contributed by atoms with E-state index < -0.39 is 10.0 Å². The summed E-state index contributed by atoms with van der Waals surface area (Å²) in [6, 6.07) is 0. The van der Waals surface area contributed by atoms with Gasteiger partial charge in [-0.3, -0.25) is 4.68 Å². The number of nitrogens with one attached hydrogen (secondary N) is 1. The molecule has 0 aliphatic carbocycles. The third-order valence-corrected chi connectivity index (χ3v) is 3.09. The van der Waals surface area contributed by atoms with Crippen molar-refractivity contribution in [3.63, 3.8) is 0 Å². The largest absolute Gasteiger partial charge is 0.383 e. The molecule has 1 aromatic heterocycles. The second kappa shape index (κ2) is 5.39. The summed E-state index contributed by atoms with van der Waals surface area (Å²) in [5.74, 6) is 0. The van der Waals surface area contributed by atoms with Crippen molar-refractivity contribution in [2.45, 2.75) is 11.6 Å². The van der Waals surface area contributed by atoms with Crippen LogP contribution in [-0.2, 0) is 28.4 Å². The molecular weight excluding hydrogens is 232 g/mol. The van der Waals surface area contributed by atoms with Gasteiger partial charge in [0.1, 0.15) is 0 Å². The Kier molecular flexibility index (Phi) is 4.42. The van der Waals surface area contributed by atoms with Gasteiger partial charge in [0.25, 0.3) is 10.0 Å². The highest BCUT2D eigenvalue weighted by Crippen LogP contribution is 2.11. The summed E-state index contributed by atoms with van der Waals surface area (Å²) >= 11 is 0. The predicted molar refractivity (Wildman–Crippen MR) is 58.2 cm³/mol. The van der Waals surface area contributed by atoms with E-state index in [1.165, 1.54) is 10.9 Å². The van der Waals surface area contributed by atoms with Gasteiger partial charge in [0.15, 0.2) is 5.03 Å². The average molecular weight is 248 g/mol. The fourth-order valence-electron chi connectivity index (χ4n) is 1.36. The van der Waals surface area contributed by atoms with Crippen LogP contribution in [0.1, 0.15) is 5.56 Å². The zero-order chi connectivity index (χ0) is 12.2. The second-order valence-electron chi connectivity index (χ2n) is 3.31. The van der Waals surface area contributed by atoms with Gasteiger partial charge in [0.05, 0.1) is 12.8 Å². The van der Waals surface area contributed by atoms with Crippen molar-refractivity contribution in [2.24, 2.45) is 12.2 Å². The number of nitrogens with zero attached hydrogens (tertiary/aromatic N) is 2. The monoisotopic (exact) mass is 248 g/mol. The molecule has 1 rings (SSSR count). The van der Waals surface area contributed by atoms with Crippen LogP contribution in [0.5, 0.6) is 0 Å². The third kappa shape index (κ3) is 3.27. The molecule has 0 aliphatic rings. The van der Waals surface area contributed by atoms with E-state index >= 15 is 0 Å². The predicted octanol–water partition coefficient (Wildman–Crippen LogP) is -1.20. The molecular formula is C8H16N4O3S. The van der Waals surface area contributed by atoms with Crippen LogP contribution in [0, 0.1) is 0 Å². The van der Waals surface area contributed by atoms with E-state index in [4.69, 9.17) is 9.88 Å². The van der Waals surface area contributed by atoms with E-state index in [1.54, 1.807) is 14.2 Å². The van der Waals surface area contributed by atoms with Crippen LogP contribution in [0.25, 0.3) is 0 Å². The molecule has 0 radical (unpaired) electrons. The van der Waals surface area contributed by atoms with Crippen molar-refractivity contribution in [2.75, 3.05) is 20.3 Å². The van der Waals surface area contributed by atoms with Gasteiger partial charge >= 0.3 is 0 Å². The van der Waals surface area contributed by atoms with Crippen molar-refractivity contribution in [1.29, 1.82) is 0 Å². The minimum absolute atomic E-state index is 0.0393. The van der Waals surface area contributed by atoms with Gasteiger partial charge < -0.3 is 10.1 Å². The highest BCUT2D eigenvalue weighted by molar-refractivity contribution is 7.89. The Morgan fingerprint density at radius 2 is 2.31 bits per heavy atom. The molecule has 1 heterocycles. The maximum Gasteiger partial charge on any atom is 0.255 e. The Balaban J connectivity index is 2.74. The van der Waals surface area contributed by atoms with E-state index in [9.17, 15) is 8.42 Å². The van der Waals surface area contributed by atoms with E-state index in [1.807, 2.05) is 0 Å². The number of aromatic nitrogens is 2. The molecule has 0 atom stereocenters. The number of primary sulfonamides is 1. The summed E-state index contributed by atoms with van der Waals surface area (Å²) in [7, 11) is -0.595. The molecule has 0 spiro atoms. The van der Waals surface area contributed by atoms with Crippen molar-refractivity contribution in [1.82, 2.24) is 15.1 Å². The highest BCUT2D eigenvalue weighted by atomic mass is 32.2. The number of rotatable bonds is 6. The molecule has 92 valence electrons. The first-order valence-electron chi connectivity index (χ1n) is 4.70. The van der Waals surface area contributed by atoms with Crippen LogP contribution in [0.4, 0.5) is 0 Å². The summed E-state index contributed by atoms with van der Waals surface area (Å²) in [4.78, 5) is 0. The Bertz CT molecular complexity index is 440. The first-order valence-corrected chi connectivity index (χ1v) is 6.24. The smallest absolute Gasteiger partial charge is 0.255 e. The molecule has 0 unspecified atom stereocenters. The van der Waals surface area contributed by atoms with Crippen LogP contribution >= 0.6 is 0 Å². The molecule has 1 aromatic rings. The lowest BCUT2D eigenvalue weighted by molar-refractivity contribution is 0.199. The van der Waals surface area contributed by atoms with Crippen LogP contribution in [0.3, 0.4) is 0 Å². The van der Waals surface area contributed by atoms with Gasteiger partial charge in [-0.1, -0.05) is 0 Å². The summed E-state index contributed by atoms with van der Waals surface area (Å²) in [5, 5.41) is 12.0. The maximum atomic E-state index is 11.3. The fraction of sp³-hybridized carbons (Fsp3) is 0.625. The minimum Gasteiger partial charge on any atom is -0.383 e. The average Bonchev–Trinajstić information content (AvgIpc) is 2.54. The normalized spacial score (nSPS) is 11.9. The molecule has 0 saturated heterocycles. The summed E-state index contributed by atoms with van der Waals surface area (Å²) in [5.41, 5.74) is 0.557. The Labute approximate surface area is 94.6 Å². The first-order chi connectivity index (χ1) is 7.46. The van der Waals surface area contributed by atoms with Gasteiger partial charge in [-0.15, -0.1) is 0 Å². The van der Waals surface area contributed by atoms with Crippen molar-refractivity contribution >= 4 is 10.0 Å². The molecule has 0 saturated carbocycles. The first kappa shape index (κ1) is 13.1. The molecule has 16 heavy (non-hydrogen) atoms. The van der Waals surface area contributed by atoms with Gasteiger partial charge in [0.2, 0.25) is 0 Å². The number of nitrogens with two attached hydrogens (primary N) is 1. The number of methoxy groups -OCH3 is 1. The Hall–Kier alpha value is -0.960. The lowest BCUT2D eigenvalue weighted by Crippen LogP contribution is -2.22. The Morgan fingerprint density at radius 3 is 2.88 bits per heavy atom. The molecule has 0 aromatic carbocycles. The Morgan fingerprint density at radius 1 is 1.62 bits per heavy atom. The van der Waals surface area contributed by atoms with Crippen molar-refractivity contribution < 1.29 is 13.2 Å². The van der Waals surface area contributed by atoms with Gasteiger partial charge in [-0.2, -0.15) is 5.10 Å². The number of aryl methyl sites for hydroxylation is 1. The summed E-state index contributed by atoms with van der Waals surface area (Å²) < 4.78 is 28.7. The molecule has 0 fully saturated rings. The van der Waals surface area contributed by atoms with Crippen molar-refractivity contribution in [3.05, 3.63) is 11.8 Å². The quantitative estimate of drug-likeness (QED) is 0.616.